The van der Waals surface area contributed by atoms with Gasteiger partial charge in [-0.2, -0.15) is 0 Å². The number of rotatable bonds is 5. The minimum atomic E-state index is -0.226. The molecule has 1 aromatic rings. The number of aryl methyl sites for hydroxylation is 1. The van der Waals surface area contributed by atoms with E-state index in [0.717, 1.165) is 32.2 Å². The van der Waals surface area contributed by atoms with Gasteiger partial charge in [-0.1, -0.05) is 29.8 Å². The number of hydrogen-bond acceptors (Lipinski definition) is 2. The summed E-state index contributed by atoms with van der Waals surface area (Å²) in [7, 11) is 0. The summed E-state index contributed by atoms with van der Waals surface area (Å²) in [5.41, 5.74) is 2.32. The largest absolute Gasteiger partial charge is 0.349 e. The second-order valence-electron chi connectivity index (χ2n) is 7.32. The van der Waals surface area contributed by atoms with Gasteiger partial charge in [0.1, 0.15) is 0 Å². The van der Waals surface area contributed by atoms with Gasteiger partial charge in [0.15, 0.2) is 0 Å². The fraction of sp³-hybridized carbons (Fsp3) is 0.611. The first-order chi connectivity index (χ1) is 10.1. The van der Waals surface area contributed by atoms with Crippen LogP contribution in [0.2, 0.25) is 0 Å². The van der Waals surface area contributed by atoms with Crippen molar-refractivity contribution in [2.75, 3.05) is 19.6 Å². The Kier molecular flexibility index (Phi) is 2.90. The average Bonchev–Trinajstić information content (AvgIpc) is 3.30. The van der Waals surface area contributed by atoms with Crippen LogP contribution in [-0.2, 0) is 10.2 Å². The Labute approximate surface area is 126 Å². The van der Waals surface area contributed by atoms with Crippen LogP contribution in [0.4, 0.5) is 0 Å². The van der Waals surface area contributed by atoms with Crippen LogP contribution in [0.1, 0.15) is 43.2 Å². The molecule has 0 atom stereocenters. The molecule has 112 valence electrons. The van der Waals surface area contributed by atoms with Gasteiger partial charge in [-0.25, -0.2) is 0 Å². The van der Waals surface area contributed by atoms with Crippen molar-refractivity contribution in [3.8, 4) is 0 Å². The lowest BCUT2D eigenvalue weighted by atomic mass is 9.93. The molecule has 3 nitrogen and oxygen atoms in total. The van der Waals surface area contributed by atoms with Crippen LogP contribution in [0.15, 0.2) is 24.3 Å². The van der Waals surface area contributed by atoms with E-state index in [2.05, 4.69) is 41.4 Å². The van der Waals surface area contributed by atoms with Gasteiger partial charge in [0, 0.05) is 6.54 Å². The van der Waals surface area contributed by atoms with Crippen LogP contribution in [0.3, 0.4) is 0 Å². The number of carbonyl (C=O) groups is 1. The summed E-state index contributed by atoms with van der Waals surface area (Å²) in [5.74, 6) is 0.270. The minimum absolute atomic E-state index is 0.0942. The van der Waals surface area contributed by atoms with Gasteiger partial charge in [-0.3, -0.25) is 4.79 Å². The third-order valence-electron chi connectivity index (χ3n) is 5.46. The molecule has 1 N–H and O–H groups in total. The Balaban J connectivity index is 1.47. The molecule has 1 aliphatic heterocycles. The molecule has 3 aliphatic rings. The number of nitrogens with one attached hydrogen (secondary N) is 1. The second-order valence-corrected chi connectivity index (χ2v) is 7.32. The highest BCUT2D eigenvalue weighted by Crippen LogP contribution is 2.50. The summed E-state index contributed by atoms with van der Waals surface area (Å²) >= 11 is 0. The maximum atomic E-state index is 12.9. The van der Waals surface area contributed by atoms with Crippen molar-refractivity contribution >= 4 is 5.91 Å². The first kappa shape index (κ1) is 13.3. The molecule has 3 heteroatoms. The number of carbonyl (C=O) groups excluding carboxylic acids is 1. The fourth-order valence-corrected chi connectivity index (χ4v) is 3.52. The summed E-state index contributed by atoms with van der Waals surface area (Å²) in [6.45, 7) is 5.58. The first-order valence-corrected chi connectivity index (χ1v) is 8.24. The van der Waals surface area contributed by atoms with Crippen molar-refractivity contribution < 1.29 is 4.79 Å². The van der Waals surface area contributed by atoms with Crippen molar-refractivity contribution in [1.82, 2.24) is 10.2 Å². The molecule has 4 rings (SSSR count). The molecule has 0 radical (unpaired) electrons. The number of benzene rings is 1. The lowest BCUT2D eigenvalue weighted by Crippen LogP contribution is -2.52. The van der Waals surface area contributed by atoms with Crippen molar-refractivity contribution in [1.29, 1.82) is 0 Å². The van der Waals surface area contributed by atoms with Crippen molar-refractivity contribution in [3.63, 3.8) is 0 Å². The standard InChI is InChI=1S/C18H24N2O/c1-14-4-2-5-15(12-14)18(8-9-18)16(21)19-17(6-7-17)13-20-10-3-11-20/h2,4-5,12H,3,6-11,13H2,1H3,(H,19,21). The third-order valence-corrected chi connectivity index (χ3v) is 5.46. The van der Waals surface area contributed by atoms with Crippen molar-refractivity contribution in [3.05, 3.63) is 35.4 Å². The molecule has 21 heavy (non-hydrogen) atoms. The number of likely N-dealkylation sites (tertiary alicyclic amines) is 1. The van der Waals surface area contributed by atoms with Crippen molar-refractivity contribution in [2.45, 2.75) is 50.0 Å². The Morgan fingerprint density at radius 3 is 2.52 bits per heavy atom. The number of nitrogens with zero attached hydrogens (tertiary/aromatic N) is 1. The summed E-state index contributed by atoms with van der Waals surface area (Å²) < 4.78 is 0. The van der Waals surface area contributed by atoms with Crippen LogP contribution >= 0.6 is 0 Å². The number of amides is 1. The van der Waals surface area contributed by atoms with Gasteiger partial charge in [-0.15, -0.1) is 0 Å². The van der Waals surface area contributed by atoms with E-state index in [1.807, 2.05) is 0 Å². The van der Waals surface area contributed by atoms with Crippen LogP contribution in [0.25, 0.3) is 0 Å². The quantitative estimate of drug-likeness (QED) is 0.900. The highest BCUT2D eigenvalue weighted by molar-refractivity contribution is 5.92. The zero-order chi connectivity index (χ0) is 14.5. The molecule has 0 aromatic heterocycles. The van der Waals surface area contributed by atoms with Gasteiger partial charge in [-0.05, 0) is 57.7 Å². The molecule has 1 heterocycles. The zero-order valence-corrected chi connectivity index (χ0v) is 12.8. The minimum Gasteiger partial charge on any atom is -0.349 e. The zero-order valence-electron chi connectivity index (χ0n) is 12.8. The molecule has 1 amide bonds. The van der Waals surface area contributed by atoms with Crippen LogP contribution in [0, 0.1) is 6.92 Å². The lowest BCUT2D eigenvalue weighted by Gasteiger charge is -2.35. The number of hydrogen-bond donors (Lipinski definition) is 1. The molecule has 2 saturated carbocycles. The normalized spacial score (nSPS) is 25.0. The van der Waals surface area contributed by atoms with E-state index in [9.17, 15) is 4.79 Å². The Bertz CT molecular complexity index is 568. The van der Waals surface area contributed by atoms with Gasteiger partial charge in [0.25, 0.3) is 0 Å². The Morgan fingerprint density at radius 1 is 1.24 bits per heavy atom. The maximum Gasteiger partial charge on any atom is 0.231 e. The molecule has 1 aromatic carbocycles. The van der Waals surface area contributed by atoms with E-state index in [-0.39, 0.29) is 16.9 Å². The van der Waals surface area contributed by atoms with Gasteiger partial charge in [0.2, 0.25) is 5.91 Å². The van der Waals surface area contributed by atoms with Gasteiger partial charge in [0.05, 0.1) is 11.0 Å². The third kappa shape index (κ3) is 2.38. The molecule has 0 spiro atoms. The van der Waals surface area contributed by atoms with Crippen molar-refractivity contribution in [2.24, 2.45) is 0 Å². The van der Waals surface area contributed by atoms with E-state index in [0.29, 0.717) is 0 Å². The second kappa shape index (κ2) is 4.57. The molecular weight excluding hydrogens is 260 g/mol. The van der Waals surface area contributed by atoms with E-state index in [1.165, 1.54) is 30.6 Å². The molecule has 2 aliphatic carbocycles. The van der Waals surface area contributed by atoms with Crippen LogP contribution < -0.4 is 5.32 Å². The van der Waals surface area contributed by atoms with Gasteiger partial charge < -0.3 is 10.2 Å². The average molecular weight is 284 g/mol. The smallest absolute Gasteiger partial charge is 0.231 e. The maximum absolute atomic E-state index is 12.9. The SMILES string of the molecule is Cc1cccc(C2(C(=O)NC3(CN4CCC4)CC3)CC2)c1. The van der Waals surface area contributed by atoms with E-state index in [1.54, 1.807) is 0 Å². The highest BCUT2D eigenvalue weighted by atomic mass is 16.2. The summed E-state index contributed by atoms with van der Waals surface area (Å²) in [5, 5.41) is 3.41. The van der Waals surface area contributed by atoms with Crippen LogP contribution in [0.5, 0.6) is 0 Å². The topological polar surface area (TPSA) is 32.3 Å². The lowest BCUT2D eigenvalue weighted by molar-refractivity contribution is -0.124. The summed E-state index contributed by atoms with van der Waals surface area (Å²) in [6.07, 6.45) is 5.62. The Morgan fingerprint density at radius 2 is 2.00 bits per heavy atom. The molecule has 1 saturated heterocycles. The first-order valence-electron chi connectivity index (χ1n) is 8.24. The van der Waals surface area contributed by atoms with E-state index >= 15 is 0 Å². The Hall–Kier alpha value is -1.35. The molecule has 0 bridgehead atoms. The summed E-state index contributed by atoms with van der Waals surface area (Å²) in [4.78, 5) is 15.3. The van der Waals surface area contributed by atoms with E-state index < -0.39 is 0 Å². The monoisotopic (exact) mass is 284 g/mol. The predicted molar refractivity (Wildman–Crippen MR) is 83.3 cm³/mol. The fourth-order valence-electron chi connectivity index (χ4n) is 3.52. The molecule has 0 unspecified atom stereocenters. The predicted octanol–water partition coefficient (Wildman–Crippen LogP) is 2.38. The van der Waals surface area contributed by atoms with Gasteiger partial charge >= 0.3 is 0 Å². The highest BCUT2D eigenvalue weighted by Gasteiger charge is 2.55. The van der Waals surface area contributed by atoms with E-state index in [4.69, 9.17) is 0 Å². The summed E-state index contributed by atoms with van der Waals surface area (Å²) in [6, 6.07) is 8.48. The van der Waals surface area contributed by atoms with Crippen LogP contribution in [-0.4, -0.2) is 36.0 Å². The molecule has 3 fully saturated rings. The molecular formula is C18H24N2O.